The van der Waals surface area contributed by atoms with Gasteiger partial charge in [-0.15, -0.1) is 6.07 Å². The van der Waals surface area contributed by atoms with Crippen LogP contribution in [0.4, 0.5) is 13.2 Å². The summed E-state index contributed by atoms with van der Waals surface area (Å²) in [5.41, 5.74) is -0.979. The van der Waals surface area contributed by atoms with Gasteiger partial charge in [-0.05, 0) is 6.07 Å². The van der Waals surface area contributed by atoms with Gasteiger partial charge in [-0.1, -0.05) is 18.3 Å². The number of pyridine rings is 1. The number of nitrogens with zero attached hydrogens (tertiary/aromatic N) is 3. The van der Waals surface area contributed by atoms with Crippen LogP contribution < -0.4 is 0 Å². The quantitative estimate of drug-likeness (QED) is 0.682. The van der Waals surface area contributed by atoms with Crippen LogP contribution in [-0.4, -0.2) is 14.8 Å². The summed E-state index contributed by atoms with van der Waals surface area (Å²) in [5.74, 6) is 0.299. The molecule has 3 nitrogen and oxygen atoms in total. The molecule has 7 heteroatoms. The molecule has 0 unspecified atom stereocenters. The van der Waals surface area contributed by atoms with Gasteiger partial charge in [0.05, 0.1) is 11.5 Å². The SMILES string of the molecule is FC(F)(F)c1c[c-]n(-c2ccccn2)n1.[Ir]. The Morgan fingerprint density at radius 1 is 1.25 bits per heavy atom. The minimum Gasteiger partial charge on any atom is -0.343 e. The number of rotatable bonds is 1. The van der Waals surface area contributed by atoms with E-state index in [1.807, 2.05) is 0 Å². The zero-order chi connectivity index (χ0) is 10.9. The fourth-order valence-electron chi connectivity index (χ4n) is 1.02. The molecule has 16 heavy (non-hydrogen) atoms. The van der Waals surface area contributed by atoms with E-state index >= 15 is 0 Å². The van der Waals surface area contributed by atoms with Crippen LogP contribution in [-0.2, 0) is 26.3 Å². The van der Waals surface area contributed by atoms with Crippen LogP contribution in [0.3, 0.4) is 0 Å². The summed E-state index contributed by atoms with van der Waals surface area (Å²) in [4.78, 5) is 3.85. The van der Waals surface area contributed by atoms with Crippen LogP contribution in [0.25, 0.3) is 5.82 Å². The van der Waals surface area contributed by atoms with Gasteiger partial charge in [-0.3, -0.25) is 5.10 Å². The van der Waals surface area contributed by atoms with Crippen molar-refractivity contribution >= 4 is 0 Å². The minimum atomic E-state index is -4.45. The van der Waals surface area contributed by atoms with Crippen molar-refractivity contribution in [3.8, 4) is 5.82 Å². The molecule has 2 heterocycles. The summed E-state index contributed by atoms with van der Waals surface area (Å²) < 4.78 is 37.6. The second kappa shape index (κ2) is 4.76. The number of hydrogen-bond donors (Lipinski definition) is 0. The molecule has 2 aromatic rings. The Labute approximate surface area is 103 Å². The maximum Gasteiger partial charge on any atom is 0.388 e. The van der Waals surface area contributed by atoms with Gasteiger partial charge in [0.15, 0.2) is 0 Å². The van der Waals surface area contributed by atoms with Crippen LogP contribution >= 0.6 is 0 Å². The molecule has 0 aliphatic heterocycles. The topological polar surface area (TPSA) is 30.7 Å². The summed E-state index contributed by atoms with van der Waals surface area (Å²) in [6.45, 7) is 0. The first-order valence-electron chi connectivity index (χ1n) is 4.04. The molecule has 0 amide bonds. The molecule has 0 aliphatic carbocycles. The molecule has 0 saturated heterocycles. The first kappa shape index (κ1) is 12.9. The predicted octanol–water partition coefficient (Wildman–Crippen LogP) is 2.08. The van der Waals surface area contributed by atoms with Crippen LogP contribution in [0.2, 0.25) is 0 Å². The van der Waals surface area contributed by atoms with E-state index < -0.39 is 11.9 Å². The van der Waals surface area contributed by atoms with Crippen molar-refractivity contribution in [1.82, 2.24) is 14.8 Å². The van der Waals surface area contributed by atoms with Gasteiger partial charge in [0.25, 0.3) is 0 Å². The summed E-state index contributed by atoms with van der Waals surface area (Å²) in [7, 11) is 0. The van der Waals surface area contributed by atoms with Crippen molar-refractivity contribution in [2.45, 2.75) is 6.18 Å². The minimum absolute atomic E-state index is 0. The van der Waals surface area contributed by atoms with E-state index in [1.165, 1.54) is 6.20 Å². The molecule has 0 aromatic carbocycles. The Morgan fingerprint density at radius 3 is 2.50 bits per heavy atom. The molecule has 0 fully saturated rings. The molecule has 0 bridgehead atoms. The van der Waals surface area contributed by atoms with E-state index in [0.29, 0.717) is 5.82 Å². The molecule has 0 spiro atoms. The van der Waals surface area contributed by atoms with Crippen molar-refractivity contribution in [2.24, 2.45) is 0 Å². The Bertz CT molecular complexity index is 453. The average Bonchev–Trinajstić information content (AvgIpc) is 2.67. The molecule has 2 aromatic heterocycles. The molecular weight excluding hydrogens is 399 g/mol. The third kappa shape index (κ3) is 2.68. The van der Waals surface area contributed by atoms with Gasteiger partial charge >= 0.3 is 6.18 Å². The van der Waals surface area contributed by atoms with Crippen molar-refractivity contribution < 1.29 is 33.3 Å². The van der Waals surface area contributed by atoms with E-state index in [4.69, 9.17) is 0 Å². The number of alkyl halides is 3. The van der Waals surface area contributed by atoms with E-state index in [0.717, 1.165) is 10.7 Å². The van der Waals surface area contributed by atoms with Crippen molar-refractivity contribution in [3.63, 3.8) is 0 Å². The van der Waals surface area contributed by atoms with E-state index in [2.05, 4.69) is 16.3 Å². The van der Waals surface area contributed by atoms with Gasteiger partial charge in [0.1, 0.15) is 0 Å². The standard InChI is InChI=1S/C9H5F3N3.Ir/c10-9(11,12)7-4-6-15(14-7)8-3-1-2-5-13-8;/h1-5H;/q-1;. The van der Waals surface area contributed by atoms with Gasteiger partial charge in [0.2, 0.25) is 0 Å². The Kier molecular flexibility index (Phi) is 3.83. The first-order chi connectivity index (χ1) is 7.07. The summed E-state index contributed by atoms with van der Waals surface area (Å²) >= 11 is 0. The normalized spacial score (nSPS) is 10.9. The Hall–Kier alpha value is -1.20. The van der Waals surface area contributed by atoms with Crippen molar-refractivity contribution in [1.29, 1.82) is 0 Å². The molecule has 0 saturated carbocycles. The molecule has 0 N–H and O–H groups in total. The Balaban J connectivity index is 0.00000128. The smallest absolute Gasteiger partial charge is 0.343 e. The van der Waals surface area contributed by atoms with Crippen molar-refractivity contribution in [3.05, 3.63) is 42.4 Å². The van der Waals surface area contributed by atoms with Crippen LogP contribution in [0.5, 0.6) is 0 Å². The average molecular weight is 404 g/mol. The third-order valence-corrected chi connectivity index (χ3v) is 1.69. The monoisotopic (exact) mass is 405 g/mol. The number of hydrogen-bond acceptors (Lipinski definition) is 2. The van der Waals surface area contributed by atoms with E-state index in [-0.39, 0.29) is 20.1 Å². The van der Waals surface area contributed by atoms with Gasteiger partial charge in [-0.25, -0.2) is 0 Å². The van der Waals surface area contributed by atoms with Crippen LogP contribution in [0.1, 0.15) is 5.69 Å². The van der Waals surface area contributed by atoms with Crippen LogP contribution in [0.15, 0.2) is 30.5 Å². The molecule has 1 radical (unpaired) electrons. The molecule has 87 valence electrons. The van der Waals surface area contributed by atoms with Gasteiger partial charge < -0.3 is 9.67 Å². The zero-order valence-electron chi connectivity index (χ0n) is 7.70. The summed E-state index contributed by atoms with van der Waals surface area (Å²) in [6.07, 6.45) is -0.626. The fourth-order valence-corrected chi connectivity index (χ4v) is 1.02. The van der Waals surface area contributed by atoms with E-state index in [9.17, 15) is 13.2 Å². The predicted molar refractivity (Wildman–Crippen MR) is 45.2 cm³/mol. The maximum absolute atomic E-state index is 12.2. The second-order valence-electron chi connectivity index (χ2n) is 2.76. The molecule has 0 atom stereocenters. The molecular formula is C9H5F3IrN3-. The van der Waals surface area contributed by atoms with E-state index in [1.54, 1.807) is 18.2 Å². The third-order valence-electron chi connectivity index (χ3n) is 1.69. The summed E-state index contributed by atoms with van der Waals surface area (Å²) in [5, 5.41) is 3.33. The van der Waals surface area contributed by atoms with Gasteiger partial charge in [-0.2, -0.15) is 13.2 Å². The van der Waals surface area contributed by atoms with Crippen LogP contribution in [0, 0.1) is 6.20 Å². The maximum atomic E-state index is 12.2. The number of halogens is 3. The summed E-state index contributed by atoms with van der Waals surface area (Å²) in [6, 6.07) is 5.65. The fraction of sp³-hybridized carbons (Fsp3) is 0.111. The molecule has 0 aliphatic rings. The first-order valence-corrected chi connectivity index (χ1v) is 4.04. The van der Waals surface area contributed by atoms with Crippen molar-refractivity contribution in [2.75, 3.05) is 0 Å². The zero-order valence-corrected chi connectivity index (χ0v) is 10.1. The largest absolute Gasteiger partial charge is 0.388 e. The Morgan fingerprint density at radius 2 is 2.00 bits per heavy atom. The molecule has 2 rings (SSSR count). The second-order valence-corrected chi connectivity index (χ2v) is 2.76. The number of aromatic nitrogens is 3. The van der Waals surface area contributed by atoms with Gasteiger partial charge in [0, 0.05) is 26.3 Å².